The van der Waals surface area contributed by atoms with Crippen molar-refractivity contribution in [3.8, 4) is 0 Å². The van der Waals surface area contributed by atoms with E-state index < -0.39 is 168 Å². The van der Waals surface area contributed by atoms with Gasteiger partial charge in [0, 0.05) is 62.7 Å². The molecule has 26 nitrogen and oxygen atoms in total. The summed E-state index contributed by atoms with van der Waals surface area (Å²) < 4.78 is 11.0. The van der Waals surface area contributed by atoms with Crippen LogP contribution in [-0.4, -0.2) is 240 Å². The normalized spacial score (nSPS) is 25.3. The standard InChI is InChI=1S/C68H119N11O15/c1-26-48-64(88)73(19)37-53(81)74(20)49(33-38(3)4)61(85)72-55(42(11)12)67(91)75(21)50(34-39(5)6)60(84)69-45(16)59(83)70-46(17)63(87)76(22)51(35-40(7)8)65(89)77(23)52(36-41(9)10)66(90)78(24)56(43(13)14)68(92)79(25)57(62(86)71-48)58(94-47(18)80)44(15)31-29-28-30-32-54(82)93-27-2/h28-29,38-46,48-52,55-58H,26-27,30-37H2,1-25H3,(H,69,84)(H,70,83)(H,71,86)(H,72,85)/t44-,45+,46-,48+,49?,50+,51-,52-,55+,56+,57?,58-/m1/s1. The fourth-order valence-corrected chi connectivity index (χ4v) is 11.5. The summed E-state index contributed by atoms with van der Waals surface area (Å²) in [6, 6.07) is -12.8. The fourth-order valence-electron chi connectivity index (χ4n) is 11.5. The quantitative estimate of drug-likeness (QED) is 0.0983. The Bertz CT molecular complexity index is 2630. The van der Waals surface area contributed by atoms with Crippen molar-refractivity contribution in [2.75, 3.05) is 62.5 Å². The number of rotatable bonds is 20. The number of nitrogens with zero attached hydrogens (tertiary/aromatic N) is 7. The molecule has 2 unspecified atom stereocenters. The highest BCUT2D eigenvalue weighted by Crippen LogP contribution is 2.27. The van der Waals surface area contributed by atoms with Gasteiger partial charge in [-0.1, -0.05) is 109 Å². The molecule has 1 heterocycles. The number of nitrogens with one attached hydrogen (secondary N) is 4. The van der Waals surface area contributed by atoms with Crippen LogP contribution in [0.15, 0.2) is 12.2 Å². The van der Waals surface area contributed by atoms with Gasteiger partial charge in [-0.2, -0.15) is 0 Å². The number of carbonyl (C=O) groups is 13. The van der Waals surface area contributed by atoms with Crippen LogP contribution < -0.4 is 21.3 Å². The summed E-state index contributed by atoms with van der Waals surface area (Å²) in [5, 5.41) is 11.0. The van der Waals surface area contributed by atoms with Gasteiger partial charge in [-0.15, -0.1) is 0 Å². The highest BCUT2D eigenvalue weighted by molar-refractivity contribution is 5.99. The number of hydrogen-bond donors (Lipinski definition) is 4. The zero-order chi connectivity index (χ0) is 72.7. The van der Waals surface area contributed by atoms with Crippen molar-refractivity contribution >= 4 is 76.9 Å². The zero-order valence-electron chi connectivity index (χ0n) is 61.4. The molecular weight excluding hydrogens is 1210 g/mol. The summed E-state index contributed by atoms with van der Waals surface area (Å²) in [5.74, 6) is -11.6. The lowest BCUT2D eigenvalue weighted by molar-refractivity contribution is -0.164. The predicted molar refractivity (Wildman–Crippen MR) is 358 cm³/mol. The average Bonchev–Trinajstić information content (AvgIpc) is 0.804. The molecule has 0 aromatic heterocycles. The number of allylic oxidation sites excluding steroid dienone is 2. The van der Waals surface area contributed by atoms with Gasteiger partial charge in [-0.3, -0.25) is 62.3 Å². The summed E-state index contributed by atoms with van der Waals surface area (Å²) in [4.78, 5) is 196. The number of hydrogen-bond acceptors (Lipinski definition) is 15. The topological polar surface area (TPSA) is 311 Å². The van der Waals surface area contributed by atoms with Crippen LogP contribution in [0.1, 0.15) is 176 Å². The molecule has 4 N–H and O–H groups in total. The van der Waals surface area contributed by atoms with E-state index in [1.54, 1.807) is 60.6 Å². The molecule has 0 aromatic rings. The average molecular weight is 1330 g/mol. The minimum Gasteiger partial charge on any atom is -0.466 e. The molecule has 94 heavy (non-hydrogen) atoms. The van der Waals surface area contributed by atoms with Crippen molar-refractivity contribution < 1.29 is 71.8 Å². The van der Waals surface area contributed by atoms with Gasteiger partial charge in [0.15, 0.2) is 0 Å². The maximum atomic E-state index is 15.5. The first kappa shape index (κ1) is 84.9. The number of ether oxygens (including phenoxy) is 2. The minimum atomic E-state index is -1.69. The van der Waals surface area contributed by atoms with Gasteiger partial charge in [-0.05, 0) is 107 Å². The van der Waals surface area contributed by atoms with E-state index >= 15 is 19.2 Å². The molecule has 0 spiro atoms. The van der Waals surface area contributed by atoms with Crippen molar-refractivity contribution in [3.63, 3.8) is 0 Å². The molecule has 0 aliphatic carbocycles. The highest BCUT2D eigenvalue weighted by Gasteiger charge is 2.47. The Kier molecular flexibility index (Phi) is 35.8. The molecule has 1 rings (SSSR count). The Labute approximate surface area is 560 Å². The third kappa shape index (κ3) is 25.2. The number of likely N-dealkylation sites (N-methyl/N-ethyl adjacent to an activating group) is 7. The lowest BCUT2D eigenvalue weighted by atomic mass is 9.91. The van der Waals surface area contributed by atoms with Gasteiger partial charge >= 0.3 is 11.9 Å². The molecule has 0 radical (unpaired) electrons. The molecular formula is C68H119N11O15. The monoisotopic (exact) mass is 1330 g/mol. The smallest absolute Gasteiger partial charge is 0.306 e. The largest absolute Gasteiger partial charge is 0.466 e. The molecule has 0 bridgehead atoms. The Morgan fingerprint density at radius 3 is 1.40 bits per heavy atom. The Morgan fingerprint density at radius 2 is 0.936 bits per heavy atom. The first-order chi connectivity index (χ1) is 43.5. The van der Waals surface area contributed by atoms with Crippen LogP contribution in [0.2, 0.25) is 0 Å². The van der Waals surface area contributed by atoms with E-state index in [1.165, 1.54) is 87.7 Å². The maximum absolute atomic E-state index is 15.5. The van der Waals surface area contributed by atoms with Crippen LogP contribution in [0.25, 0.3) is 0 Å². The summed E-state index contributed by atoms with van der Waals surface area (Å²) in [6.07, 6.45) is 3.09. The predicted octanol–water partition coefficient (Wildman–Crippen LogP) is 4.16. The molecule has 1 aliphatic heterocycles. The van der Waals surface area contributed by atoms with Crippen LogP contribution in [0, 0.1) is 41.4 Å². The van der Waals surface area contributed by atoms with Crippen molar-refractivity contribution in [3.05, 3.63) is 12.2 Å². The summed E-state index contributed by atoms with van der Waals surface area (Å²) in [7, 11) is 9.78. The lowest BCUT2D eigenvalue weighted by Gasteiger charge is -2.42. The molecule has 11 amide bonds. The first-order valence-electron chi connectivity index (χ1n) is 33.5. The third-order valence-electron chi connectivity index (χ3n) is 17.1. The molecule has 0 aromatic carbocycles. The Balaban J connectivity index is 4.48. The van der Waals surface area contributed by atoms with Crippen LogP contribution in [0.3, 0.4) is 0 Å². The second-order valence-corrected chi connectivity index (χ2v) is 27.9. The van der Waals surface area contributed by atoms with E-state index in [1.807, 2.05) is 55.4 Å². The van der Waals surface area contributed by atoms with Crippen molar-refractivity contribution in [1.29, 1.82) is 0 Å². The highest BCUT2D eigenvalue weighted by atomic mass is 16.5. The summed E-state index contributed by atoms with van der Waals surface area (Å²) in [6.45, 7) is 30.3. The van der Waals surface area contributed by atoms with Crippen LogP contribution in [0.5, 0.6) is 0 Å². The SMILES string of the molecule is CCOC(=O)CCC=CC[C@@H](C)[C@@H](OC(C)=O)C1C(=O)N[C@@H](CC)C(=O)N(C)CC(=O)N(C)C(CC(C)C)C(=O)N[C@@H](C(C)C)C(=O)N(C)[C@@H](CC(C)C)C(=O)N[C@@H](C)C(=O)N[C@H](C)C(=O)N(C)[C@H](CC(C)C)C(=O)N(C)[C@H](CC(C)C)C(=O)N(C)[C@@H](C(C)C)C(=O)N1C. The van der Waals surface area contributed by atoms with E-state index in [-0.39, 0.29) is 75.2 Å². The maximum Gasteiger partial charge on any atom is 0.306 e. The van der Waals surface area contributed by atoms with Crippen LogP contribution in [0.4, 0.5) is 0 Å². The molecule has 0 saturated carbocycles. The number of carbonyl (C=O) groups excluding carboxylic acids is 13. The van der Waals surface area contributed by atoms with Gasteiger partial charge in [0.05, 0.1) is 13.2 Å². The Hall–Kier alpha value is -7.15. The van der Waals surface area contributed by atoms with Crippen molar-refractivity contribution in [2.45, 2.75) is 243 Å². The van der Waals surface area contributed by atoms with Gasteiger partial charge in [0.1, 0.15) is 66.5 Å². The van der Waals surface area contributed by atoms with E-state index in [4.69, 9.17) is 9.47 Å². The van der Waals surface area contributed by atoms with Crippen molar-refractivity contribution in [2.24, 2.45) is 41.4 Å². The van der Waals surface area contributed by atoms with E-state index in [2.05, 4.69) is 21.3 Å². The number of esters is 2. The Morgan fingerprint density at radius 1 is 0.489 bits per heavy atom. The second-order valence-electron chi connectivity index (χ2n) is 27.9. The lowest BCUT2D eigenvalue weighted by Crippen LogP contribution is -2.64. The van der Waals surface area contributed by atoms with Crippen molar-refractivity contribution in [1.82, 2.24) is 55.6 Å². The summed E-state index contributed by atoms with van der Waals surface area (Å²) in [5.41, 5.74) is 0. The zero-order valence-corrected chi connectivity index (χ0v) is 61.4. The molecule has 26 heteroatoms. The molecule has 536 valence electrons. The van der Waals surface area contributed by atoms with Gasteiger partial charge in [0.2, 0.25) is 65.0 Å². The van der Waals surface area contributed by atoms with E-state index in [0.717, 1.165) is 16.7 Å². The molecule has 12 atom stereocenters. The van der Waals surface area contributed by atoms with Gasteiger partial charge < -0.3 is 65.0 Å². The van der Waals surface area contributed by atoms with E-state index in [0.29, 0.717) is 6.42 Å². The number of amides is 11. The van der Waals surface area contributed by atoms with Gasteiger partial charge in [-0.25, -0.2) is 0 Å². The van der Waals surface area contributed by atoms with E-state index in [9.17, 15) is 43.2 Å². The summed E-state index contributed by atoms with van der Waals surface area (Å²) >= 11 is 0. The molecule has 1 saturated heterocycles. The van der Waals surface area contributed by atoms with Gasteiger partial charge in [0.25, 0.3) is 0 Å². The van der Waals surface area contributed by atoms with Crippen LogP contribution in [-0.2, 0) is 71.8 Å². The fraction of sp³-hybridized carbons (Fsp3) is 0.779. The minimum absolute atomic E-state index is 0.0399. The molecule has 1 fully saturated rings. The third-order valence-corrected chi connectivity index (χ3v) is 17.1. The first-order valence-corrected chi connectivity index (χ1v) is 33.5. The van der Waals surface area contributed by atoms with Crippen LogP contribution >= 0.6 is 0 Å². The second kappa shape index (κ2) is 39.7. The molecule has 1 aliphatic rings.